The van der Waals surface area contributed by atoms with Crippen LogP contribution >= 0.6 is 0 Å². The second-order valence-electron chi connectivity index (χ2n) is 6.15. The summed E-state index contributed by atoms with van der Waals surface area (Å²) in [5.41, 5.74) is 2.75. The molecule has 1 aromatic heterocycles. The lowest BCUT2D eigenvalue weighted by Crippen LogP contribution is -2.10. The summed E-state index contributed by atoms with van der Waals surface area (Å²) < 4.78 is 5.79. The molecule has 0 saturated heterocycles. The number of nitrogens with one attached hydrogen (secondary N) is 2. The van der Waals surface area contributed by atoms with Crippen molar-refractivity contribution in [1.82, 2.24) is 4.98 Å². The van der Waals surface area contributed by atoms with Gasteiger partial charge in [-0.2, -0.15) is 0 Å². The summed E-state index contributed by atoms with van der Waals surface area (Å²) in [5, 5.41) is 6.05. The van der Waals surface area contributed by atoms with E-state index in [1.165, 1.54) is 0 Å². The number of hydrogen-bond donors (Lipinski definition) is 2. The first-order valence-corrected chi connectivity index (χ1v) is 9.02. The van der Waals surface area contributed by atoms with Crippen LogP contribution in [-0.2, 0) is 11.4 Å². The van der Waals surface area contributed by atoms with Crippen LogP contribution in [0.25, 0.3) is 0 Å². The standard InChI is InChI=1S/C22H23N3O2/c1-2-6-22(26)25-19-11-14-21(23-15-19)24-18-9-12-20(13-10-18)27-16-17-7-4-3-5-8-17/h3-5,7-15H,2,6,16H2,1H3,(H,23,24)(H,25,26). The van der Waals surface area contributed by atoms with Gasteiger partial charge in [0.25, 0.3) is 0 Å². The van der Waals surface area contributed by atoms with Crippen molar-refractivity contribution in [3.63, 3.8) is 0 Å². The predicted molar refractivity (Wildman–Crippen MR) is 108 cm³/mol. The Kier molecular flexibility index (Phi) is 6.41. The van der Waals surface area contributed by atoms with E-state index in [2.05, 4.69) is 15.6 Å². The normalized spacial score (nSPS) is 10.3. The first-order valence-electron chi connectivity index (χ1n) is 9.02. The van der Waals surface area contributed by atoms with E-state index in [1.54, 1.807) is 6.20 Å². The molecule has 0 aliphatic heterocycles. The van der Waals surface area contributed by atoms with E-state index in [1.807, 2.05) is 73.7 Å². The Labute approximate surface area is 159 Å². The number of benzene rings is 2. The van der Waals surface area contributed by atoms with Crippen molar-refractivity contribution in [3.8, 4) is 5.75 Å². The van der Waals surface area contributed by atoms with Crippen LogP contribution in [0.3, 0.4) is 0 Å². The molecule has 1 heterocycles. The fourth-order valence-electron chi connectivity index (χ4n) is 2.52. The fraction of sp³-hybridized carbons (Fsp3) is 0.182. The zero-order chi connectivity index (χ0) is 18.9. The molecular weight excluding hydrogens is 338 g/mol. The zero-order valence-electron chi connectivity index (χ0n) is 15.3. The van der Waals surface area contributed by atoms with Crippen LogP contribution in [-0.4, -0.2) is 10.9 Å². The SMILES string of the molecule is CCCC(=O)Nc1ccc(Nc2ccc(OCc3ccccc3)cc2)nc1. The Bertz CT molecular complexity index is 847. The highest BCUT2D eigenvalue weighted by Crippen LogP contribution is 2.20. The summed E-state index contributed by atoms with van der Waals surface area (Å²) in [6.07, 6.45) is 2.98. The minimum Gasteiger partial charge on any atom is -0.489 e. The molecule has 2 N–H and O–H groups in total. The topological polar surface area (TPSA) is 63.2 Å². The highest BCUT2D eigenvalue weighted by atomic mass is 16.5. The number of ether oxygens (including phenoxy) is 1. The van der Waals surface area contributed by atoms with Gasteiger partial charge in [0.2, 0.25) is 5.91 Å². The van der Waals surface area contributed by atoms with Gasteiger partial charge in [-0.1, -0.05) is 37.3 Å². The zero-order valence-corrected chi connectivity index (χ0v) is 15.3. The maximum absolute atomic E-state index is 11.6. The van der Waals surface area contributed by atoms with Crippen LogP contribution in [0.2, 0.25) is 0 Å². The number of amides is 1. The minimum absolute atomic E-state index is 0.00565. The van der Waals surface area contributed by atoms with Crippen molar-refractivity contribution in [2.45, 2.75) is 26.4 Å². The van der Waals surface area contributed by atoms with Gasteiger partial charge in [0.1, 0.15) is 18.2 Å². The number of carbonyl (C=O) groups excluding carboxylic acids is 1. The number of nitrogens with zero attached hydrogens (tertiary/aromatic N) is 1. The van der Waals surface area contributed by atoms with Gasteiger partial charge < -0.3 is 15.4 Å². The highest BCUT2D eigenvalue weighted by molar-refractivity contribution is 5.90. The van der Waals surface area contributed by atoms with E-state index >= 15 is 0 Å². The van der Waals surface area contributed by atoms with Crippen LogP contribution in [0, 0.1) is 0 Å². The number of hydrogen-bond acceptors (Lipinski definition) is 4. The molecule has 0 spiro atoms. The number of rotatable bonds is 8. The Morgan fingerprint density at radius 1 is 0.963 bits per heavy atom. The van der Waals surface area contributed by atoms with Crippen LogP contribution in [0.4, 0.5) is 17.2 Å². The molecule has 0 radical (unpaired) electrons. The van der Waals surface area contributed by atoms with Gasteiger partial charge in [-0.15, -0.1) is 0 Å². The molecule has 27 heavy (non-hydrogen) atoms. The molecule has 1 amide bonds. The molecule has 3 aromatic rings. The molecule has 0 aliphatic rings. The van der Waals surface area contributed by atoms with Gasteiger partial charge in [0.05, 0.1) is 11.9 Å². The molecule has 2 aromatic carbocycles. The summed E-state index contributed by atoms with van der Waals surface area (Å²) in [5.74, 6) is 1.53. The average Bonchev–Trinajstić information content (AvgIpc) is 2.70. The van der Waals surface area contributed by atoms with E-state index in [0.717, 1.165) is 23.4 Å². The second-order valence-corrected chi connectivity index (χ2v) is 6.15. The van der Waals surface area contributed by atoms with E-state index in [0.29, 0.717) is 24.5 Å². The summed E-state index contributed by atoms with van der Waals surface area (Å²) in [6, 6.07) is 21.5. The Balaban J connectivity index is 1.52. The van der Waals surface area contributed by atoms with Crippen LogP contribution in [0.5, 0.6) is 5.75 Å². The molecule has 0 saturated carbocycles. The Hall–Kier alpha value is -3.34. The summed E-state index contributed by atoms with van der Waals surface area (Å²) >= 11 is 0. The molecule has 3 rings (SSSR count). The van der Waals surface area contributed by atoms with E-state index in [9.17, 15) is 4.79 Å². The van der Waals surface area contributed by atoms with Crippen LogP contribution in [0.1, 0.15) is 25.3 Å². The molecule has 5 nitrogen and oxygen atoms in total. The molecule has 0 unspecified atom stereocenters. The third-order valence-electron chi connectivity index (χ3n) is 3.90. The quantitative estimate of drug-likeness (QED) is 0.583. The lowest BCUT2D eigenvalue weighted by molar-refractivity contribution is -0.116. The monoisotopic (exact) mass is 361 g/mol. The van der Waals surface area contributed by atoms with E-state index in [4.69, 9.17) is 4.74 Å². The van der Waals surface area contributed by atoms with Gasteiger partial charge in [-0.25, -0.2) is 4.98 Å². The number of pyridine rings is 1. The van der Waals surface area contributed by atoms with Gasteiger partial charge in [0.15, 0.2) is 0 Å². The molecule has 0 atom stereocenters. The van der Waals surface area contributed by atoms with Crippen LogP contribution < -0.4 is 15.4 Å². The second kappa shape index (κ2) is 9.38. The van der Waals surface area contributed by atoms with Gasteiger partial charge >= 0.3 is 0 Å². The first kappa shape index (κ1) is 18.5. The summed E-state index contributed by atoms with van der Waals surface area (Å²) in [4.78, 5) is 15.9. The molecule has 0 bridgehead atoms. The average molecular weight is 361 g/mol. The fourth-order valence-corrected chi connectivity index (χ4v) is 2.52. The minimum atomic E-state index is 0.00565. The Morgan fingerprint density at radius 3 is 2.37 bits per heavy atom. The van der Waals surface area contributed by atoms with Crippen LogP contribution in [0.15, 0.2) is 72.9 Å². The van der Waals surface area contributed by atoms with Crippen molar-refractivity contribution in [1.29, 1.82) is 0 Å². The molecular formula is C22H23N3O2. The van der Waals surface area contributed by atoms with Crippen molar-refractivity contribution >= 4 is 23.1 Å². The Morgan fingerprint density at radius 2 is 1.70 bits per heavy atom. The van der Waals surface area contributed by atoms with Crippen molar-refractivity contribution < 1.29 is 9.53 Å². The van der Waals surface area contributed by atoms with Crippen molar-refractivity contribution in [2.24, 2.45) is 0 Å². The van der Waals surface area contributed by atoms with E-state index in [-0.39, 0.29) is 5.91 Å². The molecule has 5 heteroatoms. The summed E-state index contributed by atoms with van der Waals surface area (Å²) in [7, 11) is 0. The van der Waals surface area contributed by atoms with Gasteiger partial charge in [-0.05, 0) is 48.4 Å². The predicted octanol–water partition coefficient (Wildman–Crippen LogP) is 5.14. The molecule has 0 fully saturated rings. The first-order chi connectivity index (χ1) is 13.2. The lowest BCUT2D eigenvalue weighted by atomic mass is 10.2. The maximum atomic E-state index is 11.6. The van der Waals surface area contributed by atoms with Crippen molar-refractivity contribution in [3.05, 3.63) is 78.5 Å². The number of aromatic nitrogens is 1. The third-order valence-corrected chi connectivity index (χ3v) is 3.90. The van der Waals surface area contributed by atoms with Gasteiger partial charge in [-0.3, -0.25) is 4.79 Å². The third kappa shape index (κ3) is 5.85. The largest absolute Gasteiger partial charge is 0.489 e. The number of carbonyl (C=O) groups is 1. The molecule has 138 valence electrons. The number of anilines is 3. The lowest BCUT2D eigenvalue weighted by Gasteiger charge is -2.09. The summed E-state index contributed by atoms with van der Waals surface area (Å²) in [6.45, 7) is 2.52. The van der Waals surface area contributed by atoms with E-state index < -0.39 is 0 Å². The molecule has 0 aliphatic carbocycles. The smallest absolute Gasteiger partial charge is 0.224 e. The highest BCUT2D eigenvalue weighted by Gasteiger charge is 2.02. The van der Waals surface area contributed by atoms with Crippen molar-refractivity contribution in [2.75, 3.05) is 10.6 Å². The maximum Gasteiger partial charge on any atom is 0.224 e. The van der Waals surface area contributed by atoms with Gasteiger partial charge in [0, 0.05) is 12.1 Å².